The minimum atomic E-state index is -0.459. The minimum absolute atomic E-state index is 0.156. The molecule has 3 N–H and O–H groups in total. The fourth-order valence-corrected chi connectivity index (χ4v) is 3.73. The van der Waals surface area contributed by atoms with Crippen molar-refractivity contribution in [2.45, 2.75) is 76.8 Å². The van der Waals surface area contributed by atoms with Crippen LogP contribution in [-0.2, 0) is 9.53 Å². The first-order valence-electron chi connectivity index (χ1n) is 8.74. The Morgan fingerprint density at radius 1 is 1.43 bits per heavy atom. The zero-order valence-electron chi connectivity index (χ0n) is 13.7. The summed E-state index contributed by atoms with van der Waals surface area (Å²) in [4.78, 5) is 12.0. The first-order valence-corrected chi connectivity index (χ1v) is 8.74. The van der Waals surface area contributed by atoms with Crippen molar-refractivity contribution >= 4 is 5.91 Å². The summed E-state index contributed by atoms with van der Waals surface area (Å²) in [5, 5.41) is 3.56. The summed E-state index contributed by atoms with van der Waals surface area (Å²) in [6, 6.07) is 0.517. The minimum Gasteiger partial charge on any atom is -0.381 e. The zero-order chi connectivity index (χ0) is 15.3. The molecule has 0 saturated heterocycles. The van der Waals surface area contributed by atoms with Gasteiger partial charge in [0.2, 0.25) is 5.91 Å². The highest BCUT2D eigenvalue weighted by Gasteiger charge is 2.49. The molecule has 0 heterocycles. The van der Waals surface area contributed by atoms with Crippen LogP contribution >= 0.6 is 0 Å². The number of carbonyl (C=O) groups is 1. The van der Waals surface area contributed by atoms with Gasteiger partial charge in [-0.1, -0.05) is 26.7 Å². The molecule has 2 saturated carbocycles. The van der Waals surface area contributed by atoms with Gasteiger partial charge in [0, 0.05) is 19.3 Å². The van der Waals surface area contributed by atoms with Crippen LogP contribution < -0.4 is 11.1 Å². The Morgan fingerprint density at radius 2 is 2.19 bits per heavy atom. The van der Waals surface area contributed by atoms with E-state index in [9.17, 15) is 4.79 Å². The molecule has 0 radical (unpaired) electrons. The van der Waals surface area contributed by atoms with Crippen LogP contribution in [0.2, 0.25) is 0 Å². The van der Waals surface area contributed by atoms with E-state index in [0.29, 0.717) is 17.9 Å². The topological polar surface area (TPSA) is 64.3 Å². The van der Waals surface area contributed by atoms with E-state index in [0.717, 1.165) is 38.9 Å². The van der Waals surface area contributed by atoms with Gasteiger partial charge in [-0.25, -0.2) is 0 Å². The third kappa shape index (κ3) is 4.43. The maximum atomic E-state index is 12.0. The molecule has 0 spiro atoms. The Hall–Kier alpha value is -0.610. The Bertz CT molecular complexity index is 344. The number of hydrogen-bond acceptors (Lipinski definition) is 3. The summed E-state index contributed by atoms with van der Waals surface area (Å²) >= 11 is 0. The molecule has 4 nitrogen and oxygen atoms in total. The number of ether oxygens (including phenoxy) is 1. The number of nitrogens with two attached hydrogens (primary N) is 1. The normalized spacial score (nSPS) is 30.5. The van der Waals surface area contributed by atoms with E-state index in [1.165, 1.54) is 25.7 Å². The van der Waals surface area contributed by atoms with Crippen LogP contribution in [0.3, 0.4) is 0 Å². The maximum absolute atomic E-state index is 12.0. The van der Waals surface area contributed by atoms with Gasteiger partial charge in [-0.2, -0.15) is 0 Å². The lowest BCUT2D eigenvalue weighted by Gasteiger charge is -2.34. The van der Waals surface area contributed by atoms with Gasteiger partial charge >= 0.3 is 0 Å². The second kappa shape index (κ2) is 7.59. The van der Waals surface area contributed by atoms with Crippen LogP contribution in [0.25, 0.3) is 0 Å². The van der Waals surface area contributed by atoms with Crippen molar-refractivity contribution in [3.63, 3.8) is 0 Å². The Balaban J connectivity index is 1.78. The van der Waals surface area contributed by atoms with Crippen LogP contribution in [-0.4, -0.2) is 30.7 Å². The first-order chi connectivity index (χ1) is 10.1. The maximum Gasteiger partial charge on any atom is 0.238 e. The average molecular weight is 296 g/mol. The summed E-state index contributed by atoms with van der Waals surface area (Å²) in [7, 11) is 0. The average Bonchev–Trinajstić information content (AvgIpc) is 3.14. The molecule has 0 aromatic rings. The second-order valence-corrected chi connectivity index (χ2v) is 7.10. The number of carbonyl (C=O) groups excluding carboxylic acids is 1. The highest BCUT2D eigenvalue weighted by molar-refractivity contribution is 5.85. The van der Waals surface area contributed by atoms with Gasteiger partial charge in [0.05, 0.1) is 0 Å². The lowest BCUT2D eigenvalue weighted by atomic mass is 9.84. The van der Waals surface area contributed by atoms with E-state index in [1.807, 2.05) is 0 Å². The van der Waals surface area contributed by atoms with Gasteiger partial charge in [0.25, 0.3) is 0 Å². The molecule has 0 aromatic carbocycles. The van der Waals surface area contributed by atoms with Crippen LogP contribution in [0.4, 0.5) is 0 Å². The highest BCUT2D eigenvalue weighted by atomic mass is 16.5. The molecule has 3 atom stereocenters. The fraction of sp³-hybridized carbons (Fsp3) is 0.941. The molecule has 0 bridgehead atoms. The van der Waals surface area contributed by atoms with Gasteiger partial charge in [0.1, 0.15) is 5.54 Å². The van der Waals surface area contributed by atoms with Crippen LogP contribution in [0.15, 0.2) is 0 Å². The van der Waals surface area contributed by atoms with Gasteiger partial charge in [-0.3, -0.25) is 4.79 Å². The molecular formula is C17H32N2O2. The third-order valence-electron chi connectivity index (χ3n) is 5.09. The van der Waals surface area contributed by atoms with Crippen LogP contribution in [0.1, 0.15) is 65.2 Å². The number of rotatable bonds is 10. The number of hydrogen-bond donors (Lipinski definition) is 2. The Kier molecular flexibility index (Phi) is 6.06. The van der Waals surface area contributed by atoms with E-state index in [2.05, 4.69) is 19.2 Å². The lowest BCUT2D eigenvalue weighted by Crippen LogP contribution is -2.58. The third-order valence-corrected chi connectivity index (χ3v) is 5.09. The molecule has 0 aromatic heterocycles. The van der Waals surface area contributed by atoms with Crippen molar-refractivity contribution in [3.8, 4) is 0 Å². The standard InChI is InChI=1S/C17H32N2O2/c1-3-5-13(2)12-21-11-9-14-6-4-10-17(14,16(18)20)19-15-7-8-15/h13-15,19H,3-12H2,1-2H3,(H2,18,20). The summed E-state index contributed by atoms with van der Waals surface area (Å²) in [6.07, 6.45) is 8.84. The van der Waals surface area contributed by atoms with E-state index in [4.69, 9.17) is 10.5 Å². The van der Waals surface area contributed by atoms with E-state index < -0.39 is 5.54 Å². The van der Waals surface area contributed by atoms with Crippen molar-refractivity contribution in [1.82, 2.24) is 5.32 Å². The molecule has 2 aliphatic carbocycles. The summed E-state index contributed by atoms with van der Waals surface area (Å²) < 4.78 is 5.82. The predicted molar refractivity (Wildman–Crippen MR) is 84.9 cm³/mol. The number of amides is 1. The molecule has 21 heavy (non-hydrogen) atoms. The monoisotopic (exact) mass is 296 g/mol. The van der Waals surface area contributed by atoms with E-state index >= 15 is 0 Å². The molecule has 4 heteroatoms. The summed E-state index contributed by atoms with van der Waals surface area (Å²) in [5.41, 5.74) is 5.29. The molecule has 122 valence electrons. The molecule has 0 aliphatic heterocycles. The molecule has 1 amide bonds. The van der Waals surface area contributed by atoms with Crippen LogP contribution in [0.5, 0.6) is 0 Å². The van der Waals surface area contributed by atoms with Crippen molar-refractivity contribution in [3.05, 3.63) is 0 Å². The van der Waals surface area contributed by atoms with Gasteiger partial charge in [-0.05, 0) is 50.4 Å². The Morgan fingerprint density at radius 3 is 2.81 bits per heavy atom. The molecule has 2 aliphatic rings. The highest BCUT2D eigenvalue weighted by Crippen LogP contribution is 2.40. The Labute approximate surface area is 129 Å². The number of nitrogens with one attached hydrogen (secondary N) is 1. The summed E-state index contributed by atoms with van der Waals surface area (Å²) in [5.74, 6) is 0.817. The summed E-state index contributed by atoms with van der Waals surface area (Å²) in [6.45, 7) is 6.03. The molecular weight excluding hydrogens is 264 g/mol. The van der Waals surface area contributed by atoms with Crippen molar-refractivity contribution in [2.75, 3.05) is 13.2 Å². The molecule has 3 unspecified atom stereocenters. The van der Waals surface area contributed by atoms with Crippen molar-refractivity contribution in [1.29, 1.82) is 0 Å². The lowest BCUT2D eigenvalue weighted by molar-refractivity contribution is -0.126. The van der Waals surface area contributed by atoms with Crippen molar-refractivity contribution in [2.24, 2.45) is 17.6 Å². The quantitative estimate of drug-likeness (QED) is 0.609. The molecule has 2 rings (SSSR count). The van der Waals surface area contributed by atoms with Crippen LogP contribution in [0, 0.1) is 11.8 Å². The fourth-order valence-electron chi connectivity index (χ4n) is 3.73. The first kappa shape index (κ1) is 16.8. The van der Waals surface area contributed by atoms with Gasteiger partial charge in [0.15, 0.2) is 0 Å². The zero-order valence-corrected chi connectivity index (χ0v) is 13.7. The van der Waals surface area contributed by atoms with Crippen molar-refractivity contribution < 1.29 is 9.53 Å². The predicted octanol–water partition coefficient (Wildman–Crippen LogP) is 2.61. The second-order valence-electron chi connectivity index (χ2n) is 7.10. The SMILES string of the molecule is CCCC(C)COCCC1CCCC1(NC1CC1)C(N)=O. The largest absolute Gasteiger partial charge is 0.381 e. The van der Waals surface area contributed by atoms with E-state index in [-0.39, 0.29) is 5.91 Å². The van der Waals surface area contributed by atoms with Gasteiger partial charge < -0.3 is 15.8 Å². The molecule has 2 fully saturated rings. The smallest absolute Gasteiger partial charge is 0.238 e. The van der Waals surface area contributed by atoms with E-state index in [1.54, 1.807) is 0 Å². The number of primary amides is 1. The van der Waals surface area contributed by atoms with Gasteiger partial charge in [-0.15, -0.1) is 0 Å².